The summed E-state index contributed by atoms with van der Waals surface area (Å²) in [6.45, 7) is 8.38. The summed E-state index contributed by atoms with van der Waals surface area (Å²) in [5.41, 5.74) is 2.25. The lowest BCUT2D eigenvalue weighted by molar-refractivity contribution is -0.145. The van der Waals surface area contributed by atoms with E-state index in [-0.39, 0.29) is 24.1 Å². The van der Waals surface area contributed by atoms with E-state index in [0.29, 0.717) is 38.4 Å². The number of amides is 1. The summed E-state index contributed by atoms with van der Waals surface area (Å²) in [7, 11) is 0. The highest BCUT2D eigenvalue weighted by molar-refractivity contribution is 6.30. The molecule has 0 aliphatic heterocycles. The van der Waals surface area contributed by atoms with Crippen LogP contribution in [0.25, 0.3) is 0 Å². The lowest BCUT2D eigenvalue weighted by Crippen LogP contribution is -2.34. The summed E-state index contributed by atoms with van der Waals surface area (Å²) in [4.78, 5) is 41.4. The predicted octanol–water partition coefficient (Wildman–Crippen LogP) is 4.64. The molecular weight excluding hydrogens is 548 g/mol. The molecule has 0 radical (unpaired) electrons. The molecule has 0 aliphatic rings. The Morgan fingerprint density at radius 1 is 0.976 bits per heavy atom. The van der Waals surface area contributed by atoms with Crippen molar-refractivity contribution in [2.45, 2.75) is 59.5 Å². The first-order valence-electron chi connectivity index (χ1n) is 13.3. The molecule has 0 fully saturated rings. The van der Waals surface area contributed by atoms with Crippen molar-refractivity contribution in [1.82, 2.24) is 14.9 Å². The fraction of sp³-hybridized carbons (Fsp3) is 0.400. The van der Waals surface area contributed by atoms with E-state index in [9.17, 15) is 14.4 Å². The number of rotatable bonds is 13. The van der Waals surface area contributed by atoms with E-state index < -0.39 is 23.2 Å². The minimum atomic E-state index is -0.549. The maximum absolute atomic E-state index is 13.1. The lowest BCUT2D eigenvalue weighted by Gasteiger charge is -2.19. The number of carbonyl (C=O) groups is 2. The summed E-state index contributed by atoms with van der Waals surface area (Å²) in [5, 5.41) is 5.83. The topological polar surface area (TPSA) is 121 Å². The zero-order valence-corrected chi connectivity index (χ0v) is 24.6. The molecule has 1 heterocycles. The smallest absolute Gasteiger partial charge is 0.407 e. The van der Waals surface area contributed by atoms with Crippen molar-refractivity contribution in [2.75, 3.05) is 25.0 Å². The number of hydrogen-bond acceptors (Lipinski definition) is 8. The summed E-state index contributed by atoms with van der Waals surface area (Å²) in [6, 6.07) is 17.2. The number of ether oxygens (including phenoxy) is 3. The van der Waals surface area contributed by atoms with E-state index in [1.165, 1.54) is 4.57 Å². The maximum atomic E-state index is 13.1. The highest BCUT2D eigenvalue weighted by Gasteiger charge is 2.17. The second-order valence-electron chi connectivity index (χ2n) is 10.4. The fourth-order valence-electron chi connectivity index (χ4n) is 3.77. The van der Waals surface area contributed by atoms with Gasteiger partial charge in [0.1, 0.15) is 18.8 Å². The van der Waals surface area contributed by atoms with Crippen molar-refractivity contribution in [2.24, 2.45) is 0 Å². The molecule has 1 aromatic heterocycles. The van der Waals surface area contributed by atoms with E-state index in [1.807, 2.05) is 54.6 Å². The van der Waals surface area contributed by atoms with Crippen LogP contribution in [0, 0.1) is 6.92 Å². The molecule has 2 aromatic carbocycles. The standard InChI is InChI=1S/C30H37ClN4O6/c1-21-26(31)34-27(28(37)35(21)18-25(36)40-20-23-9-6-5-7-10-23)32-14-13-22-11-8-12-24(17-22)19-39-16-15-33-29(38)41-30(2,3)4/h5-12,17H,13-16,18-20H2,1-4H3,(H,32,34)(H,33,38). The number of hydrogen-bond donors (Lipinski definition) is 2. The van der Waals surface area contributed by atoms with Crippen LogP contribution in [0.2, 0.25) is 5.15 Å². The molecule has 10 nitrogen and oxygen atoms in total. The van der Waals surface area contributed by atoms with Crippen LogP contribution in [-0.2, 0) is 45.2 Å². The second-order valence-corrected chi connectivity index (χ2v) is 10.7. The van der Waals surface area contributed by atoms with Gasteiger partial charge in [-0.25, -0.2) is 9.78 Å². The molecule has 1 amide bonds. The summed E-state index contributed by atoms with van der Waals surface area (Å²) in [5.74, 6) is -0.486. The van der Waals surface area contributed by atoms with Crippen molar-refractivity contribution in [1.29, 1.82) is 0 Å². The number of alkyl carbamates (subject to hydrolysis) is 1. The molecule has 0 saturated carbocycles. The molecule has 0 unspecified atom stereocenters. The van der Waals surface area contributed by atoms with Gasteiger partial charge in [-0.3, -0.25) is 14.2 Å². The first-order valence-corrected chi connectivity index (χ1v) is 13.7. The average molecular weight is 585 g/mol. The number of esters is 1. The Hall–Kier alpha value is -3.89. The Bertz CT molecular complexity index is 1370. The predicted molar refractivity (Wildman–Crippen MR) is 157 cm³/mol. The third kappa shape index (κ3) is 10.9. The van der Waals surface area contributed by atoms with Gasteiger partial charge < -0.3 is 24.8 Å². The van der Waals surface area contributed by atoms with Crippen LogP contribution in [0.15, 0.2) is 59.4 Å². The average Bonchev–Trinajstić information content (AvgIpc) is 2.92. The third-order valence-electron chi connectivity index (χ3n) is 5.77. The van der Waals surface area contributed by atoms with Gasteiger partial charge in [0.2, 0.25) is 0 Å². The SMILES string of the molecule is Cc1c(Cl)nc(NCCc2cccc(COCCNC(=O)OC(C)(C)C)c2)c(=O)n1CC(=O)OCc1ccccc1. The van der Waals surface area contributed by atoms with Crippen LogP contribution < -0.4 is 16.2 Å². The molecule has 3 aromatic rings. The molecule has 0 saturated heterocycles. The number of nitrogens with one attached hydrogen (secondary N) is 2. The van der Waals surface area contributed by atoms with Crippen molar-refractivity contribution in [3.05, 3.63) is 92.5 Å². The van der Waals surface area contributed by atoms with Crippen LogP contribution >= 0.6 is 11.6 Å². The van der Waals surface area contributed by atoms with Crippen molar-refractivity contribution in [3.8, 4) is 0 Å². The van der Waals surface area contributed by atoms with Crippen molar-refractivity contribution in [3.63, 3.8) is 0 Å². The largest absolute Gasteiger partial charge is 0.459 e. The molecule has 11 heteroatoms. The van der Waals surface area contributed by atoms with Gasteiger partial charge in [-0.15, -0.1) is 0 Å². The quantitative estimate of drug-likeness (QED) is 0.220. The van der Waals surface area contributed by atoms with E-state index in [0.717, 1.165) is 16.7 Å². The number of benzene rings is 2. The zero-order valence-electron chi connectivity index (χ0n) is 23.9. The molecule has 0 atom stereocenters. The van der Waals surface area contributed by atoms with Crippen LogP contribution in [0.3, 0.4) is 0 Å². The molecule has 2 N–H and O–H groups in total. The molecule has 0 bridgehead atoms. The van der Waals surface area contributed by atoms with Crippen LogP contribution in [0.4, 0.5) is 10.6 Å². The Labute approximate surface area is 245 Å². The summed E-state index contributed by atoms with van der Waals surface area (Å²) >= 11 is 6.27. The van der Waals surface area contributed by atoms with Gasteiger partial charge >= 0.3 is 12.1 Å². The Balaban J connectivity index is 1.48. The Morgan fingerprint density at radius 3 is 2.41 bits per heavy atom. The zero-order chi connectivity index (χ0) is 29.8. The highest BCUT2D eigenvalue weighted by Crippen LogP contribution is 2.14. The number of aromatic nitrogens is 2. The fourth-order valence-corrected chi connectivity index (χ4v) is 3.95. The van der Waals surface area contributed by atoms with E-state index in [1.54, 1.807) is 27.7 Å². The van der Waals surface area contributed by atoms with Gasteiger partial charge in [0.05, 0.1) is 18.9 Å². The molecule has 3 rings (SSSR count). The van der Waals surface area contributed by atoms with Crippen LogP contribution in [-0.4, -0.2) is 46.9 Å². The van der Waals surface area contributed by atoms with E-state index in [2.05, 4.69) is 15.6 Å². The van der Waals surface area contributed by atoms with Gasteiger partial charge in [-0.05, 0) is 50.8 Å². The van der Waals surface area contributed by atoms with Gasteiger partial charge in [0, 0.05) is 13.1 Å². The summed E-state index contributed by atoms with van der Waals surface area (Å²) < 4.78 is 17.4. The highest BCUT2D eigenvalue weighted by atomic mass is 35.5. The second kappa shape index (κ2) is 15.2. The first-order chi connectivity index (χ1) is 19.5. The van der Waals surface area contributed by atoms with Crippen molar-refractivity contribution >= 4 is 29.5 Å². The number of nitrogens with zero attached hydrogens (tertiary/aromatic N) is 2. The maximum Gasteiger partial charge on any atom is 0.407 e. The normalized spacial score (nSPS) is 11.1. The first kappa shape index (κ1) is 31.6. The lowest BCUT2D eigenvalue weighted by atomic mass is 10.1. The monoisotopic (exact) mass is 584 g/mol. The number of anilines is 1. The van der Waals surface area contributed by atoms with Crippen LogP contribution in [0.5, 0.6) is 0 Å². The Morgan fingerprint density at radius 2 is 1.68 bits per heavy atom. The number of carbonyl (C=O) groups excluding carboxylic acids is 2. The molecule has 41 heavy (non-hydrogen) atoms. The minimum Gasteiger partial charge on any atom is -0.459 e. The van der Waals surface area contributed by atoms with Gasteiger partial charge in [0.25, 0.3) is 5.56 Å². The minimum absolute atomic E-state index is 0.0634. The third-order valence-corrected chi connectivity index (χ3v) is 6.13. The number of halogens is 1. The summed E-state index contributed by atoms with van der Waals surface area (Å²) in [6.07, 6.45) is 0.134. The molecular formula is C30H37ClN4O6. The van der Waals surface area contributed by atoms with Gasteiger partial charge in [-0.2, -0.15) is 0 Å². The van der Waals surface area contributed by atoms with Gasteiger partial charge in [0.15, 0.2) is 11.0 Å². The molecule has 220 valence electrons. The Kier molecular flexibility index (Phi) is 11.7. The van der Waals surface area contributed by atoms with Gasteiger partial charge in [-0.1, -0.05) is 66.2 Å². The van der Waals surface area contributed by atoms with E-state index >= 15 is 0 Å². The van der Waals surface area contributed by atoms with Crippen LogP contribution in [0.1, 0.15) is 43.2 Å². The van der Waals surface area contributed by atoms with Crippen molar-refractivity contribution < 1.29 is 23.8 Å². The molecule has 0 spiro atoms. The molecule has 0 aliphatic carbocycles. The van der Waals surface area contributed by atoms with E-state index in [4.69, 9.17) is 25.8 Å².